The van der Waals surface area contributed by atoms with Gasteiger partial charge < -0.3 is 24.1 Å². The van der Waals surface area contributed by atoms with Crippen LogP contribution in [0.25, 0.3) is 0 Å². The zero-order valence-electron chi connectivity index (χ0n) is 20.3. The fraction of sp³-hybridized carbons (Fsp3) is 0.778. The Bertz CT molecular complexity index is 1040. The fourth-order valence-electron chi connectivity index (χ4n) is 9.08. The van der Waals surface area contributed by atoms with E-state index in [1.807, 2.05) is 6.07 Å². The summed E-state index contributed by atoms with van der Waals surface area (Å²) in [5.41, 5.74) is -0.555. The van der Waals surface area contributed by atoms with Gasteiger partial charge in [0.25, 0.3) is 0 Å². The summed E-state index contributed by atoms with van der Waals surface area (Å²) in [6.45, 7) is 6.02. The second-order valence-electron chi connectivity index (χ2n) is 12.2. The molecule has 2 heterocycles. The van der Waals surface area contributed by atoms with Gasteiger partial charge >= 0.3 is 11.6 Å². The molecule has 0 radical (unpaired) electrons. The number of carbonyl (C=O) groups excluding carboxylic acids is 1. The quantitative estimate of drug-likeness (QED) is 0.513. The highest BCUT2D eigenvalue weighted by Crippen LogP contribution is 2.78. The van der Waals surface area contributed by atoms with Crippen molar-refractivity contribution in [1.82, 2.24) is 0 Å². The van der Waals surface area contributed by atoms with Crippen molar-refractivity contribution in [2.45, 2.75) is 108 Å². The number of ether oxygens (including phenoxy) is 2. The molecule has 7 nitrogen and oxygen atoms in total. The first-order valence-corrected chi connectivity index (χ1v) is 12.9. The van der Waals surface area contributed by atoms with E-state index in [9.17, 15) is 19.8 Å². The minimum Gasteiger partial charge on any atom is -0.460 e. The topological polar surface area (TPSA) is 110 Å². The van der Waals surface area contributed by atoms with Crippen molar-refractivity contribution in [1.29, 1.82) is 0 Å². The molecule has 1 aliphatic heterocycles. The molecule has 5 aliphatic rings. The monoisotopic (exact) mass is 472 g/mol. The zero-order chi connectivity index (χ0) is 24.1. The van der Waals surface area contributed by atoms with E-state index in [2.05, 4.69) is 13.8 Å². The number of carbonyl (C=O) groups is 1. The van der Waals surface area contributed by atoms with E-state index in [-0.39, 0.29) is 34.3 Å². The van der Waals surface area contributed by atoms with Gasteiger partial charge in [-0.15, -0.1) is 0 Å². The van der Waals surface area contributed by atoms with Gasteiger partial charge in [-0.2, -0.15) is 0 Å². The molecular weight excluding hydrogens is 436 g/mol. The van der Waals surface area contributed by atoms with Crippen LogP contribution in [0, 0.1) is 22.7 Å². The van der Waals surface area contributed by atoms with Crippen molar-refractivity contribution in [2.75, 3.05) is 0 Å². The van der Waals surface area contributed by atoms with Crippen LogP contribution in [0.1, 0.15) is 83.6 Å². The van der Waals surface area contributed by atoms with Crippen molar-refractivity contribution in [2.24, 2.45) is 22.7 Å². The lowest BCUT2D eigenvalue weighted by atomic mass is 9.42. The first kappa shape index (κ1) is 22.7. The summed E-state index contributed by atoms with van der Waals surface area (Å²) in [4.78, 5) is 23.5. The smallest absolute Gasteiger partial charge is 0.335 e. The number of fused-ring (bicyclic) bond motifs is 3. The molecule has 10 atom stereocenters. The first-order valence-electron chi connectivity index (χ1n) is 12.9. The maximum absolute atomic E-state index is 12.0. The standard InChI is InChI=1S/C27H36O7/c1-15(28)23(30)33-17-6-9-24(2)18-7-10-25(3)20(16-4-5-22(29)32-14-16)12-21-27(25,34-21)19(18)8-11-26(24,31)13-17/h4-5,14-15,17-21,28,31H,6-13H2,1-3H3/t15-,17+,18+,19-,20-,21-,24-,25-,26+,27-/m1/s1. The van der Waals surface area contributed by atoms with Crippen LogP contribution in [0.2, 0.25) is 0 Å². The molecule has 0 aromatic carbocycles. The van der Waals surface area contributed by atoms with Crippen molar-refractivity contribution in [3.63, 3.8) is 0 Å². The Balaban J connectivity index is 1.27. The second kappa shape index (κ2) is 7.17. The molecule has 1 saturated heterocycles. The molecule has 0 bridgehead atoms. The molecule has 1 spiro atoms. The van der Waals surface area contributed by atoms with Crippen LogP contribution < -0.4 is 5.63 Å². The van der Waals surface area contributed by atoms with Crippen molar-refractivity contribution in [3.05, 3.63) is 34.4 Å². The van der Waals surface area contributed by atoms with E-state index in [0.717, 1.165) is 37.7 Å². The summed E-state index contributed by atoms with van der Waals surface area (Å²) in [5, 5.41) is 21.5. The maximum atomic E-state index is 12.0. The molecule has 0 amide bonds. The molecule has 4 saturated carbocycles. The van der Waals surface area contributed by atoms with E-state index in [1.165, 1.54) is 13.0 Å². The van der Waals surface area contributed by atoms with E-state index in [4.69, 9.17) is 13.9 Å². The molecule has 1 aromatic heterocycles. The third-order valence-electron chi connectivity index (χ3n) is 10.9. The largest absolute Gasteiger partial charge is 0.460 e. The Morgan fingerprint density at radius 1 is 1.12 bits per heavy atom. The molecule has 4 aliphatic carbocycles. The molecule has 1 aromatic rings. The fourth-order valence-corrected chi connectivity index (χ4v) is 9.08. The van der Waals surface area contributed by atoms with Gasteiger partial charge in [-0.25, -0.2) is 9.59 Å². The maximum Gasteiger partial charge on any atom is 0.335 e. The SMILES string of the molecule is C[C@@H](O)C(=O)O[C@H]1CC[C@]2(C)[C@H]3CC[C@]4(C)[C@@H](c5ccc(=O)oc5)C[C@H]5O[C@]54[C@@H]3CC[C@]2(O)C1. The van der Waals surface area contributed by atoms with Crippen molar-refractivity contribution >= 4 is 5.97 Å². The normalized spacial score (nSPS) is 49.7. The third-order valence-corrected chi connectivity index (χ3v) is 10.9. The molecule has 34 heavy (non-hydrogen) atoms. The van der Waals surface area contributed by atoms with Gasteiger partial charge in [0.2, 0.25) is 0 Å². The van der Waals surface area contributed by atoms with Gasteiger partial charge in [-0.3, -0.25) is 0 Å². The summed E-state index contributed by atoms with van der Waals surface area (Å²) >= 11 is 0. The highest BCUT2D eigenvalue weighted by atomic mass is 16.6. The molecular formula is C27H36O7. The van der Waals surface area contributed by atoms with Gasteiger partial charge in [0, 0.05) is 17.9 Å². The highest BCUT2D eigenvalue weighted by molar-refractivity contribution is 5.74. The van der Waals surface area contributed by atoms with E-state index >= 15 is 0 Å². The number of esters is 1. The van der Waals surface area contributed by atoms with Gasteiger partial charge in [0.05, 0.1) is 18.0 Å². The van der Waals surface area contributed by atoms with E-state index < -0.39 is 17.7 Å². The minimum absolute atomic E-state index is 0.0193. The predicted molar refractivity (Wildman–Crippen MR) is 122 cm³/mol. The minimum atomic E-state index is -1.15. The first-order chi connectivity index (χ1) is 16.0. The summed E-state index contributed by atoms with van der Waals surface area (Å²) in [7, 11) is 0. The van der Waals surface area contributed by atoms with Crippen LogP contribution in [0.4, 0.5) is 0 Å². The van der Waals surface area contributed by atoms with E-state index in [0.29, 0.717) is 37.0 Å². The van der Waals surface area contributed by atoms with Crippen LogP contribution in [-0.4, -0.2) is 45.7 Å². The summed E-state index contributed by atoms with van der Waals surface area (Å²) in [6, 6.07) is 3.44. The lowest BCUT2D eigenvalue weighted by Gasteiger charge is -2.64. The molecule has 0 unspecified atom stereocenters. The van der Waals surface area contributed by atoms with Gasteiger partial charge in [-0.05, 0) is 86.7 Å². The predicted octanol–water partition coefficient (Wildman–Crippen LogP) is 3.30. The van der Waals surface area contributed by atoms with Crippen LogP contribution in [0.15, 0.2) is 27.6 Å². The Morgan fingerprint density at radius 3 is 2.56 bits per heavy atom. The van der Waals surface area contributed by atoms with Crippen LogP contribution in [-0.2, 0) is 14.3 Å². The van der Waals surface area contributed by atoms with Crippen molar-refractivity contribution < 1.29 is 28.9 Å². The van der Waals surface area contributed by atoms with Gasteiger partial charge in [0.15, 0.2) is 0 Å². The number of rotatable bonds is 3. The van der Waals surface area contributed by atoms with Crippen LogP contribution in [0.5, 0.6) is 0 Å². The number of hydrogen-bond donors (Lipinski definition) is 2. The lowest BCUT2D eigenvalue weighted by Crippen LogP contribution is -2.65. The molecule has 186 valence electrons. The number of aliphatic hydroxyl groups is 2. The Kier molecular flexibility index (Phi) is 4.80. The Hall–Kier alpha value is -1.70. The van der Waals surface area contributed by atoms with Crippen LogP contribution >= 0.6 is 0 Å². The highest BCUT2D eigenvalue weighted by Gasteiger charge is 2.81. The molecule has 2 N–H and O–H groups in total. The molecule has 6 rings (SSSR count). The zero-order valence-corrected chi connectivity index (χ0v) is 20.3. The average molecular weight is 473 g/mol. The summed E-state index contributed by atoms with van der Waals surface area (Å²) in [5.74, 6) is 0.436. The lowest BCUT2D eigenvalue weighted by molar-refractivity contribution is -0.228. The summed E-state index contributed by atoms with van der Waals surface area (Å²) < 4.78 is 17.3. The number of epoxide rings is 1. The Labute approximate surface area is 199 Å². The van der Waals surface area contributed by atoms with E-state index in [1.54, 1.807) is 6.26 Å². The van der Waals surface area contributed by atoms with Crippen molar-refractivity contribution in [3.8, 4) is 0 Å². The second-order valence-corrected chi connectivity index (χ2v) is 12.2. The third kappa shape index (κ3) is 2.80. The number of hydrogen-bond acceptors (Lipinski definition) is 7. The number of aliphatic hydroxyl groups excluding tert-OH is 1. The van der Waals surface area contributed by atoms with Gasteiger partial charge in [-0.1, -0.05) is 13.8 Å². The molecule has 7 heteroatoms. The average Bonchev–Trinajstić information content (AvgIpc) is 3.45. The van der Waals surface area contributed by atoms with Crippen LogP contribution in [0.3, 0.4) is 0 Å². The Morgan fingerprint density at radius 2 is 1.85 bits per heavy atom. The summed E-state index contributed by atoms with van der Waals surface area (Å²) in [6.07, 6.45) is 6.88. The van der Waals surface area contributed by atoms with Gasteiger partial charge in [0.1, 0.15) is 17.8 Å². The molecule has 5 fully saturated rings.